The molecule has 0 amide bonds. The maximum Gasteiger partial charge on any atom is 0.143 e. The van der Waals surface area contributed by atoms with Gasteiger partial charge in [0.15, 0.2) is 0 Å². The normalized spacial score (nSPS) is 20.7. The van der Waals surface area contributed by atoms with Gasteiger partial charge in [0.25, 0.3) is 0 Å². The Morgan fingerprint density at radius 3 is 2.87 bits per heavy atom. The van der Waals surface area contributed by atoms with Gasteiger partial charge in [0, 0.05) is 23.6 Å². The van der Waals surface area contributed by atoms with E-state index in [1.165, 1.54) is 12.0 Å². The molecule has 0 saturated heterocycles. The second-order valence-corrected chi connectivity index (χ2v) is 5.52. The van der Waals surface area contributed by atoms with Crippen LogP contribution in [0.1, 0.15) is 57.1 Å². The number of rotatable bonds is 2. The van der Waals surface area contributed by atoms with Gasteiger partial charge >= 0.3 is 0 Å². The summed E-state index contributed by atoms with van der Waals surface area (Å²) < 4.78 is 5.39. The molecule has 2 rings (SSSR count). The number of nitrogens with zero attached hydrogens (tertiary/aromatic N) is 1. The van der Waals surface area contributed by atoms with E-state index in [0.717, 1.165) is 24.4 Å². The quantitative estimate of drug-likeness (QED) is 0.812. The number of hydrogen-bond donors (Lipinski definition) is 1. The number of aromatic nitrogens is 1. The lowest BCUT2D eigenvalue weighted by Gasteiger charge is -2.19. The van der Waals surface area contributed by atoms with E-state index in [1.807, 2.05) is 0 Å². The molecule has 0 fully saturated rings. The SMILES string of the molecule is CC1CCc2c(CNC(C)(C)C)noc21. The van der Waals surface area contributed by atoms with Crippen molar-refractivity contribution in [2.45, 2.75) is 58.5 Å². The molecule has 0 bridgehead atoms. The summed E-state index contributed by atoms with van der Waals surface area (Å²) in [4.78, 5) is 0. The maximum atomic E-state index is 5.39. The molecule has 1 heterocycles. The van der Waals surface area contributed by atoms with Crippen molar-refractivity contribution < 1.29 is 4.52 Å². The first-order valence-electron chi connectivity index (χ1n) is 5.70. The molecule has 0 aromatic carbocycles. The zero-order valence-corrected chi connectivity index (χ0v) is 10.1. The molecule has 1 aromatic heterocycles. The highest BCUT2D eigenvalue weighted by Crippen LogP contribution is 2.34. The molecule has 1 unspecified atom stereocenters. The summed E-state index contributed by atoms with van der Waals surface area (Å²) in [6.07, 6.45) is 2.33. The monoisotopic (exact) mass is 208 g/mol. The van der Waals surface area contributed by atoms with Gasteiger partial charge in [0.2, 0.25) is 0 Å². The van der Waals surface area contributed by atoms with E-state index in [-0.39, 0.29) is 5.54 Å². The average molecular weight is 208 g/mol. The molecule has 15 heavy (non-hydrogen) atoms. The minimum atomic E-state index is 0.135. The predicted octanol–water partition coefficient (Wildman–Crippen LogP) is 2.61. The Hall–Kier alpha value is -0.830. The summed E-state index contributed by atoms with van der Waals surface area (Å²) in [5.41, 5.74) is 2.58. The molecule has 1 aliphatic carbocycles. The summed E-state index contributed by atoms with van der Waals surface area (Å²) in [6.45, 7) is 9.51. The van der Waals surface area contributed by atoms with Crippen molar-refractivity contribution in [3.8, 4) is 0 Å². The number of hydrogen-bond acceptors (Lipinski definition) is 3. The summed E-state index contributed by atoms with van der Waals surface area (Å²) >= 11 is 0. The Kier molecular flexibility index (Phi) is 2.59. The van der Waals surface area contributed by atoms with Gasteiger partial charge in [-0.3, -0.25) is 0 Å². The first-order chi connectivity index (χ1) is 6.97. The van der Waals surface area contributed by atoms with Crippen LogP contribution in [0.4, 0.5) is 0 Å². The summed E-state index contributed by atoms with van der Waals surface area (Å²) in [5, 5.41) is 7.60. The first kappa shape index (κ1) is 10.7. The van der Waals surface area contributed by atoms with Crippen LogP contribution in [0.25, 0.3) is 0 Å². The van der Waals surface area contributed by atoms with Crippen molar-refractivity contribution >= 4 is 0 Å². The van der Waals surface area contributed by atoms with Gasteiger partial charge in [0.1, 0.15) is 11.5 Å². The maximum absolute atomic E-state index is 5.39. The predicted molar refractivity (Wildman–Crippen MR) is 59.8 cm³/mol. The molecule has 0 radical (unpaired) electrons. The van der Waals surface area contributed by atoms with Gasteiger partial charge in [0.05, 0.1) is 0 Å². The van der Waals surface area contributed by atoms with Crippen molar-refractivity contribution in [1.82, 2.24) is 10.5 Å². The fourth-order valence-electron chi connectivity index (χ4n) is 1.99. The Morgan fingerprint density at radius 1 is 1.47 bits per heavy atom. The van der Waals surface area contributed by atoms with E-state index in [4.69, 9.17) is 4.52 Å². The highest BCUT2D eigenvalue weighted by Gasteiger charge is 2.27. The summed E-state index contributed by atoms with van der Waals surface area (Å²) in [7, 11) is 0. The third-order valence-electron chi connectivity index (χ3n) is 2.96. The standard InChI is InChI=1S/C12H20N2O/c1-8-5-6-9-10(14-15-11(8)9)7-13-12(2,3)4/h8,13H,5-7H2,1-4H3. The Bertz CT molecular complexity index is 349. The van der Waals surface area contributed by atoms with Gasteiger partial charge in [-0.25, -0.2) is 0 Å². The van der Waals surface area contributed by atoms with Crippen LogP contribution in [0.2, 0.25) is 0 Å². The Morgan fingerprint density at radius 2 is 2.20 bits per heavy atom. The van der Waals surface area contributed by atoms with Crippen LogP contribution >= 0.6 is 0 Å². The van der Waals surface area contributed by atoms with Crippen molar-refractivity contribution in [1.29, 1.82) is 0 Å². The van der Waals surface area contributed by atoms with Crippen LogP contribution in [0.15, 0.2) is 4.52 Å². The van der Waals surface area contributed by atoms with Crippen LogP contribution < -0.4 is 5.32 Å². The fraction of sp³-hybridized carbons (Fsp3) is 0.750. The Labute approximate surface area is 91.2 Å². The van der Waals surface area contributed by atoms with Crippen molar-refractivity contribution in [3.63, 3.8) is 0 Å². The molecule has 0 saturated carbocycles. The second-order valence-electron chi connectivity index (χ2n) is 5.52. The molecular weight excluding hydrogens is 188 g/mol. The van der Waals surface area contributed by atoms with E-state index in [9.17, 15) is 0 Å². The second kappa shape index (κ2) is 3.63. The van der Waals surface area contributed by atoms with E-state index < -0.39 is 0 Å². The molecule has 3 heteroatoms. The van der Waals surface area contributed by atoms with Gasteiger partial charge in [-0.05, 0) is 33.6 Å². The minimum absolute atomic E-state index is 0.135. The van der Waals surface area contributed by atoms with E-state index in [0.29, 0.717) is 5.92 Å². The number of nitrogens with one attached hydrogen (secondary N) is 1. The summed E-state index contributed by atoms with van der Waals surface area (Å²) in [6, 6.07) is 0. The lowest BCUT2D eigenvalue weighted by Crippen LogP contribution is -2.35. The molecule has 3 nitrogen and oxygen atoms in total. The van der Waals surface area contributed by atoms with Gasteiger partial charge < -0.3 is 9.84 Å². The molecule has 0 aliphatic heterocycles. The lowest BCUT2D eigenvalue weighted by atomic mass is 10.1. The minimum Gasteiger partial charge on any atom is -0.361 e. The van der Waals surface area contributed by atoms with Crippen molar-refractivity contribution in [2.75, 3.05) is 0 Å². The van der Waals surface area contributed by atoms with Gasteiger partial charge in [-0.15, -0.1) is 0 Å². The van der Waals surface area contributed by atoms with Crippen LogP contribution in [-0.2, 0) is 13.0 Å². The molecule has 1 aliphatic rings. The zero-order chi connectivity index (χ0) is 11.1. The third-order valence-corrected chi connectivity index (χ3v) is 2.96. The topological polar surface area (TPSA) is 38.1 Å². The third kappa shape index (κ3) is 2.23. The zero-order valence-electron chi connectivity index (χ0n) is 10.1. The van der Waals surface area contributed by atoms with Crippen LogP contribution in [0, 0.1) is 0 Å². The van der Waals surface area contributed by atoms with Crippen LogP contribution in [0.5, 0.6) is 0 Å². The van der Waals surface area contributed by atoms with Crippen molar-refractivity contribution in [3.05, 3.63) is 17.0 Å². The lowest BCUT2D eigenvalue weighted by molar-refractivity contribution is 0.353. The fourth-order valence-corrected chi connectivity index (χ4v) is 1.99. The van der Waals surface area contributed by atoms with Crippen LogP contribution in [0.3, 0.4) is 0 Å². The van der Waals surface area contributed by atoms with Gasteiger partial charge in [-0.2, -0.15) is 0 Å². The molecular formula is C12H20N2O. The highest BCUT2D eigenvalue weighted by molar-refractivity contribution is 5.30. The van der Waals surface area contributed by atoms with E-state index >= 15 is 0 Å². The Balaban J connectivity index is 2.08. The molecule has 1 atom stereocenters. The average Bonchev–Trinajstić information content (AvgIpc) is 2.65. The number of fused-ring (bicyclic) bond motifs is 1. The molecule has 84 valence electrons. The first-order valence-corrected chi connectivity index (χ1v) is 5.70. The highest BCUT2D eigenvalue weighted by atomic mass is 16.5. The van der Waals surface area contributed by atoms with E-state index in [1.54, 1.807) is 0 Å². The van der Waals surface area contributed by atoms with Crippen LogP contribution in [-0.4, -0.2) is 10.7 Å². The summed E-state index contributed by atoms with van der Waals surface area (Å²) in [5.74, 6) is 1.66. The largest absolute Gasteiger partial charge is 0.361 e. The molecule has 1 N–H and O–H groups in total. The molecule has 0 spiro atoms. The van der Waals surface area contributed by atoms with Crippen molar-refractivity contribution in [2.24, 2.45) is 0 Å². The molecule has 1 aromatic rings. The van der Waals surface area contributed by atoms with Gasteiger partial charge in [-0.1, -0.05) is 12.1 Å². The van der Waals surface area contributed by atoms with E-state index in [2.05, 4.69) is 38.2 Å². The smallest absolute Gasteiger partial charge is 0.143 e.